The monoisotopic (exact) mass is 579 g/mol. The van der Waals surface area contributed by atoms with Crippen LogP contribution >= 0.6 is 0 Å². The van der Waals surface area contributed by atoms with Gasteiger partial charge in [-0.05, 0) is 53.3 Å². The van der Waals surface area contributed by atoms with Crippen molar-refractivity contribution in [2.24, 2.45) is 0 Å². The van der Waals surface area contributed by atoms with E-state index in [0.29, 0.717) is 12.7 Å². The van der Waals surface area contributed by atoms with E-state index in [1.807, 2.05) is 0 Å². The normalized spacial score (nSPS) is 13.3. The molecule has 2 aliphatic heterocycles. The number of fused-ring (bicyclic) bond motifs is 5. The van der Waals surface area contributed by atoms with Crippen LogP contribution in [0.2, 0.25) is 0 Å². The van der Waals surface area contributed by atoms with Crippen molar-refractivity contribution >= 4 is 16.5 Å². The Balaban J connectivity index is 1.40. The van der Waals surface area contributed by atoms with Gasteiger partial charge >= 0.3 is 0 Å². The van der Waals surface area contributed by atoms with Crippen LogP contribution in [-0.4, -0.2) is 20.4 Å². The molecule has 0 bridgehead atoms. The number of unbranched alkanes of at least 4 members (excludes halogenated alkanes) is 6. The Morgan fingerprint density at radius 3 is 2.37 bits per heavy atom. The molecule has 0 radical (unpaired) electrons. The molecule has 43 heavy (non-hydrogen) atoms. The van der Waals surface area contributed by atoms with Crippen molar-refractivity contribution in [3.8, 4) is 28.5 Å². The fraction of sp³-hybridized carbons (Fsp3) is 0.447. The van der Waals surface area contributed by atoms with Crippen LogP contribution in [0.4, 0.5) is 5.69 Å². The first kappa shape index (κ1) is 29.3. The van der Waals surface area contributed by atoms with E-state index < -0.39 is 0 Å². The molecule has 0 atom stereocenters. The van der Waals surface area contributed by atoms with Crippen LogP contribution < -0.4 is 24.1 Å². The summed E-state index contributed by atoms with van der Waals surface area (Å²) in [5.74, 6) is 3.12. The first-order valence-electron chi connectivity index (χ1n) is 16.4. The van der Waals surface area contributed by atoms with Gasteiger partial charge in [-0.3, -0.25) is 0 Å². The summed E-state index contributed by atoms with van der Waals surface area (Å²) in [7, 11) is 1.78. The lowest BCUT2D eigenvalue weighted by atomic mass is 9.88. The van der Waals surface area contributed by atoms with Crippen molar-refractivity contribution in [2.45, 2.75) is 91.0 Å². The van der Waals surface area contributed by atoms with E-state index in [1.165, 1.54) is 89.2 Å². The number of rotatable bonds is 13. The van der Waals surface area contributed by atoms with Crippen LogP contribution in [0.15, 0.2) is 54.7 Å². The Morgan fingerprint density at radius 1 is 0.884 bits per heavy atom. The van der Waals surface area contributed by atoms with Gasteiger partial charge in [0, 0.05) is 30.3 Å². The predicted molar refractivity (Wildman–Crippen MR) is 176 cm³/mol. The maximum Gasteiger partial charge on any atom is 0.231 e. The van der Waals surface area contributed by atoms with E-state index in [0.717, 1.165) is 48.9 Å². The van der Waals surface area contributed by atoms with Crippen molar-refractivity contribution < 1.29 is 18.8 Å². The summed E-state index contributed by atoms with van der Waals surface area (Å²) < 4.78 is 20.0. The van der Waals surface area contributed by atoms with Crippen LogP contribution in [-0.2, 0) is 19.4 Å². The fourth-order valence-corrected chi connectivity index (χ4v) is 6.72. The highest BCUT2D eigenvalue weighted by Crippen LogP contribution is 2.43. The van der Waals surface area contributed by atoms with Crippen molar-refractivity contribution in [3.63, 3.8) is 0 Å². The number of ether oxygens (including phenoxy) is 3. The number of hydrogen-bond acceptors (Lipinski definition) is 4. The van der Waals surface area contributed by atoms with E-state index in [2.05, 4.69) is 85.4 Å². The van der Waals surface area contributed by atoms with E-state index in [-0.39, 0.29) is 0 Å². The van der Waals surface area contributed by atoms with Gasteiger partial charge in [-0.15, -0.1) is 0 Å². The highest BCUT2D eigenvalue weighted by atomic mass is 16.7. The summed E-state index contributed by atoms with van der Waals surface area (Å²) in [5.41, 5.74) is 9.00. The molecule has 5 heteroatoms. The molecular weight excluding hydrogens is 532 g/mol. The summed E-state index contributed by atoms with van der Waals surface area (Å²) in [6, 6.07) is 18.0. The number of anilines is 1. The number of benzene rings is 3. The second kappa shape index (κ2) is 13.3. The van der Waals surface area contributed by atoms with Crippen molar-refractivity contribution in [2.75, 3.05) is 25.8 Å². The molecule has 3 heterocycles. The highest BCUT2D eigenvalue weighted by Gasteiger charge is 2.32. The quantitative estimate of drug-likeness (QED) is 0.127. The molecule has 4 aromatic rings. The third-order valence-electron chi connectivity index (χ3n) is 9.20. The molecule has 0 spiro atoms. The Bertz CT molecular complexity index is 1580. The lowest BCUT2D eigenvalue weighted by Crippen LogP contribution is -2.41. The summed E-state index contributed by atoms with van der Waals surface area (Å²) in [6.45, 7) is 8.94. The number of methoxy groups -OCH3 is 1. The Hall–Kier alpha value is -3.73. The van der Waals surface area contributed by atoms with Crippen LogP contribution in [0, 0.1) is 0 Å². The topological polar surface area (TPSA) is 43.6 Å². The minimum Gasteiger partial charge on any atom is -0.495 e. The maximum atomic E-state index is 5.92. The van der Waals surface area contributed by atoms with Gasteiger partial charge in [0.25, 0.3) is 0 Å². The molecule has 3 aromatic carbocycles. The van der Waals surface area contributed by atoms with E-state index >= 15 is 0 Å². The van der Waals surface area contributed by atoms with Crippen LogP contribution in [0.5, 0.6) is 17.2 Å². The van der Waals surface area contributed by atoms with E-state index in [9.17, 15) is 0 Å². The zero-order valence-electron chi connectivity index (χ0n) is 26.4. The Kier molecular flexibility index (Phi) is 9.06. The van der Waals surface area contributed by atoms with Crippen LogP contribution in [0.3, 0.4) is 0 Å². The number of pyridine rings is 1. The first-order chi connectivity index (χ1) is 21.1. The lowest BCUT2D eigenvalue weighted by Gasteiger charge is -2.22. The van der Waals surface area contributed by atoms with Crippen molar-refractivity contribution in [1.82, 2.24) is 0 Å². The fourth-order valence-electron chi connectivity index (χ4n) is 6.72. The Labute approximate surface area is 257 Å². The number of aromatic nitrogens is 1. The molecule has 0 saturated heterocycles. The van der Waals surface area contributed by atoms with Gasteiger partial charge in [0.2, 0.25) is 12.5 Å². The maximum absolute atomic E-state index is 5.92. The number of nitrogens with zero attached hydrogens (tertiary/aromatic N) is 1. The smallest absolute Gasteiger partial charge is 0.231 e. The zero-order chi connectivity index (χ0) is 29.8. The van der Waals surface area contributed by atoms with Gasteiger partial charge in [-0.2, -0.15) is 4.57 Å². The summed E-state index contributed by atoms with van der Waals surface area (Å²) in [4.78, 5) is 0. The SMILES string of the molecule is CCCCCCCCCNc1c(OC)ccc2c(Cc3ccc(C(C)C)cc3)c3[n+](cc12)CCc1cc2c(cc1-3)OCO2. The van der Waals surface area contributed by atoms with E-state index in [1.54, 1.807) is 7.11 Å². The molecule has 5 nitrogen and oxygen atoms in total. The standard InChI is InChI=1S/C38H46N2O3/c1-5-6-7-8-9-10-11-19-39-37-33-24-40-20-18-29-22-35-36(43-25-42-35)23-31(29)38(40)32(30(33)16-17-34(37)41-4)21-27-12-14-28(15-13-27)26(2)3/h12-17,22-24,26H,5-11,18-21,25H2,1-4H3/p+1. The van der Waals surface area contributed by atoms with Gasteiger partial charge in [0.15, 0.2) is 24.2 Å². The largest absolute Gasteiger partial charge is 0.495 e. The summed E-state index contributed by atoms with van der Waals surface area (Å²) in [5, 5.41) is 6.30. The molecule has 2 aliphatic rings. The average Bonchev–Trinajstić information content (AvgIpc) is 3.48. The summed E-state index contributed by atoms with van der Waals surface area (Å²) in [6.07, 6.45) is 13.3. The molecule has 1 aromatic heterocycles. The van der Waals surface area contributed by atoms with Gasteiger partial charge < -0.3 is 19.5 Å². The predicted octanol–water partition coefficient (Wildman–Crippen LogP) is 8.96. The first-order valence-corrected chi connectivity index (χ1v) is 16.4. The molecule has 0 amide bonds. The minimum atomic E-state index is 0.290. The molecule has 0 unspecified atom stereocenters. The molecule has 6 rings (SSSR count). The average molecular weight is 580 g/mol. The third-order valence-corrected chi connectivity index (χ3v) is 9.20. The van der Waals surface area contributed by atoms with Crippen LogP contribution in [0.25, 0.3) is 22.0 Å². The zero-order valence-corrected chi connectivity index (χ0v) is 26.4. The van der Waals surface area contributed by atoms with Crippen molar-refractivity contribution in [1.29, 1.82) is 0 Å². The molecule has 1 N–H and O–H groups in total. The Morgan fingerprint density at radius 2 is 1.63 bits per heavy atom. The number of aryl methyl sites for hydroxylation is 2. The highest BCUT2D eigenvalue weighted by molar-refractivity contribution is 6.00. The lowest BCUT2D eigenvalue weighted by molar-refractivity contribution is -0.686. The van der Waals surface area contributed by atoms with E-state index in [4.69, 9.17) is 14.2 Å². The second-order valence-electron chi connectivity index (χ2n) is 12.5. The molecule has 0 fully saturated rings. The second-order valence-corrected chi connectivity index (χ2v) is 12.5. The van der Waals surface area contributed by atoms with Gasteiger partial charge in [-0.25, -0.2) is 0 Å². The minimum absolute atomic E-state index is 0.290. The number of nitrogens with one attached hydrogen (secondary N) is 1. The van der Waals surface area contributed by atoms with Gasteiger partial charge in [0.1, 0.15) is 5.75 Å². The number of hydrogen-bond donors (Lipinski definition) is 1. The molecule has 0 aliphatic carbocycles. The van der Waals surface area contributed by atoms with Gasteiger partial charge in [0.05, 0.1) is 23.7 Å². The van der Waals surface area contributed by atoms with Crippen molar-refractivity contribution in [3.05, 3.63) is 77.0 Å². The van der Waals surface area contributed by atoms with Crippen LogP contribution in [0.1, 0.15) is 93.9 Å². The molecular formula is C38H47N2O3+. The third kappa shape index (κ3) is 6.18. The molecule has 226 valence electrons. The summed E-state index contributed by atoms with van der Waals surface area (Å²) >= 11 is 0. The van der Waals surface area contributed by atoms with Gasteiger partial charge in [-0.1, -0.05) is 83.6 Å². The molecule has 0 saturated carbocycles.